The lowest BCUT2D eigenvalue weighted by Gasteiger charge is -2.29. The minimum Gasteiger partial charge on any atom is -0.382 e. The summed E-state index contributed by atoms with van der Waals surface area (Å²) < 4.78 is 0. The molecule has 0 radical (unpaired) electrons. The van der Waals surface area contributed by atoms with Gasteiger partial charge in [0.15, 0.2) is 5.13 Å². The average Bonchev–Trinajstić information content (AvgIpc) is 3.08. The maximum atomic E-state index is 12.6. The SMILES string of the molecule is CC1CCN(C(=O)c2sc(N3CCCC3)nc2N)CC1. The Morgan fingerprint density at radius 1 is 1.25 bits per heavy atom. The number of likely N-dealkylation sites (tertiary alicyclic amines) is 1. The second kappa shape index (κ2) is 5.60. The fourth-order valence-electron chi connectivity index (χ4n) is 2.87. The quantitative estimate of drug-likeness (QED) is 0.908. The molecule has 0 spiro atoms. The standard InChI is InChI=1S/C14H22N4OS/c1-10-4-8-17(9-5-10)13(19)11-12(15)16-14(20-11)18-6-2-3-7-18/h10H,2-9,15H2,1H3. The first-order valence-electron chi connectivity index (χ1n) is 7.45. The molecule has 3 heterocycles. The van der Waals surface area contributed by atoms with Gasteiger partial charge >= 0.3 is 0 Å². The highest BCUT2D eigenvalue weighted by atomic mass is 32.1. The number of anilines is 2. The Bertz CT molecular complexity index is 487. The molecule has 5 nitrogen and oxygen atoms in total. The minimum absolute atomic E-state index is 0.0670. The van der Waals surface area contributed by atoms with Crippen LogP contribution in [0.1, 0.15) is 42.3 Å². The highest BCUT2D eigenvalue weighted by Crippen LogP contribution is 2.32. The van der Waals surface area contributed by atoms with Crippen molar-refractivity contribution in [3.63, 3.8) is 0 Å². The van der Waals surface area contributed by atoms with Crippen LogP contribution >= 0.6 is 11.3 Å². The van der Waals surface area contributed by atoms with E-state index in [0.717, 1.165) is 50.1 Å². The number of nitrogens with two attached hydrogens (primary N) is 1. The number of nitrogen functional groups attached to an aromatic ring is 1. The van der Waals surface area contributed by atoms with E-state index in [-0.39, 0.29) is 5.91 Å². The van der Waals surface area contributed by atoms with Gasteiger partial charge in [-0.2, -0.15) is 0 Å². The Labute approximate surface area is 123 Å². The predicted octanol–water partition coefficient (Wildman–Crippen LogP) is 2.20. The number of piperidine rings is 1. The summed E-state index contributed by atoms with van der Waals surface area (Å²) >= 11 is 1.46. The molecule has 2 fully saturated rings. The number of amides is 1. The lowest BCUT2D eigenvalue weighted by molar-refractivity contribution is 0.0703. The Hall–Kier alpha value is -1.30. The Morgan fingerprint density at radius 2 is 1.90 bits per heavy atom. The molecule has 20 heavy (non-hydrogen) atoms. The summed E-state index contributed by atoms with van der Waals surface area (Å²) in [6.07, 6.45) is 4.58. The third kappa shape index (κ3) is 2.61. The molecule has 1 amide bonds. The molecule has 110 valence electrons. The van der Waals surface area contributed by atoms with Crippen molar-refractivity contribution < 1.29 is 4.79 Å². The van der Waals surface area contributed by atoms with Crippen molar-refractivity contribution in [3.05, 3.63) is 4.88 Å². The molecular weight excluding hydrogens is 272 g/mol. The summed E-state index contributed by atoms with van der Waals surface area (Å²) in [5, 5.41) is 0.911. The highest BCUT2D eigenvalue weighted by Gasteiger charge is 2.27. The topological polar surface area (TPSA) is 62.5 Å². The highest BCUT2D eigenvalue weighted by molar-refractivity contribution is 7.18. The molecule has 2 aliphatic heterocycles. The van der Waals surface area contributed by atoms with Crippen molar-refractivity contribution in [2.24, 2.45) is 5.92 Å². The van der Waals surface area contributed by atoms with Crippen molar-refractivity contribution in [1.82, 2.24) is 9.88 Å². The van der Waals surface area contributed by atoms with E-state index < -0.39 is 0 Å². The van der Waals surface area contributed by atoms with Gasteiger partial charge in [0, 0.05) is 26.2 Å². The lowest BCUT2D eigenvalue weighted by atomic mass is 9.99. The van der Waals surface area contributed by atoms with Crippen molar-refractivity contribution >= 4 is 28.2 Å². The van der Waals surface area contributed by atoms with Gasteiger partial charge in [0.05, 0.1) is 0 Å². The lowest BCUT2D eigenvalue weighted by Crippen LogP contribution is -2.37. The predicted molar refractivity (Wildman–Crippen MR) is 82.3 cm³/mol. The van der Waals surface area contributed by atoms with Crippen molar-refractivity contribution in [1.29, 1.82) is 0 Å². The molecule has 0 atom stereocenters. The summed E-state index contributed by atoms with van der Waals surface area (Å²) in [5.74, 6) is 1.19. The van der Waals surface area contributed by atoms with Crippen LogP contribution in [0.4, 0.5) is 10.9 Å². The van der Waals surface area contributed by atoms with Gasteiger partial charge in [-0.25, -0.2) is 4.98 Å². The van der Waals surface area contributed by atoms with Crippen LogP contribution in [0.5, 0.6) is 0 Å². The normalized spacial score (nSPS) is 20.6. The van der Waals surface area contributed by atoms with Crippen LogP contribution in [-0.4, -0.2) is 42.0 Å². The average molecular weight is 294 g/mol. The molecule has 0 saturated carbocycles. The van der Waals surface area contributed by atoms with Crippen LogP contribution in [0.3, 0.4) is 0 Å². The van der Waals surface area contributed by atoms with Gasteiger partial charge in [-0.1, -0.05) is 18.3 Å². The van der Waals surface area contributed by atoms with Gasteiger partial charge in [-0.3, -0.25) is 4.79 Å². The molecule has 0 aliphatic carbocycles. The fourth-order valence-corrected chi connectivity index (χ4v) is 3.88. The van der Waals surface area contributed by atoms with Crippen molar-refractivity contribution in [2.75, 3.05) is 36.8 Å². The first-order valence-corrected chi connectivity index (χ1v) is 8.27. The van der Waals surface area contributed by atoms with Crippen LogP contribution in [0.15, 0.2) is 0 Å². The van der Waals surface area contributed by atoms with E-state index in [1.165, 1.54) is 24.2 Å². The molecule has 3 rings (SSSR count). The minimum atomic E-state index is 0.0670. The van der Waals surface area contributed by atoms with Crippen LogP contribution in [0.25, 0.3) is 0 Å². The molecule has 6 heteroatoms. The molecular formula is C14H22N4OS. The molecule has 0 unspecified atom stereocenters. The molecule has 2 aliphatic rings. The third-order valence-electron chi connectivity index (χ3n) is 4.28. The maximum Gasteiger partial charge on any atom is 0.267 e. The molecule has 1 aromatic rings. The van der Waals surface area contributed by atoms with Crippen LogP contribution in [-0.2, 0) is 0 Å². The van der Waals surface area contributed by atoms with Crippen molar-refractivity contribution in [3.8, 4) is 0 Å². The number of carbonyl (C=O) groups excluding carboxylic acids is 1. The molecule has 0 bridgehead atoms. The van der Waals surface area contributed by atoms with Gasteiger partial charge in [0.1, 0.15) is 10.7 Å². The summed E-state index contributed by atoms with van der Waals surface area (Å²) in [6, 6.07) is 0. The number of hydrogen-bond acceptors (Lipinski definition) is 5. The summed E-state index contributed by atoms with van der Waals surface area (Å²) in [5.41, 5.74) is 5.97. The zero-order valence-corrected chi connectivity index (χ0v) is 12.8. The first kappa shape index (κ1) is 13.7. The number of aromatic nitrogens is 1. The second-order valence-electron chi connectivity index (χ2n) is 5.88. The van der Waals surface area contributed by atoms with E-state index in [9.17, 15) is 4.79 Å². The zero-order valence-electron chi connectivity index (χ0n) is 12.0. The summed E-state index contributed by atoms with van der Waals surface area (Å²) in [4.78, 5) is 21.7. The summed E-state index contributed by atoms with van der Waals surface area (Å²) in [7, 11) is 0. The van der Waals surface area contributed by atoms with Gasteiger partial charge in [-0.05, 0) is 31.6 Å². The largest absolute Gasteiger partial charge is 0.382 e. The smallest absolute Gasteiger partial charge is 0.267 e. The van der Waals surface area contributed by atoms with Gasteiger partial charge < -0.3 is 15.5 Å². The second-order valence-corrected chi connectivity index (χ2v) is 6.86. The summed E-state index contributed by atoms with van der Waals surface area (Å²) in [6.45, 7) is 5.99. The van der Waals surface area contributed by atoms with E-state index in [4.69, 9.17) is 5.73 Å². The van der Waals surface area contributed by atoms with E-state index in [1.807, 2.05) is 4.90 Å². The Balaban J connectivity index is 1.74. The van der Waals surface area contributed by atoms with Gasteiger partial charge in [0.2, 0.25) is 0 Å². The van der Waals surface area contributed by atoms with Crippen LogP contribution < -0.4 is 10.6 Å². The molecule has 0 aromatic carbocycles. The Morgan fingerprint density at radius 3 is 2.55 bits per heavy atom. The molecule has 2 N–H and O–H groups in total. The number of rotatable bonds is 2. The fraction of sp³-hybridized carbons (Fsp3) is 0.714. The van der Waals surface area contributed by atoms with Crippen molar-refractivity contribution in [2.45, 2.75) is 32.6 Å². The van der Waals surface area contributed by atoms with E-state index in [2.05, 4.69) is 16.8 Å². The number of carbonyl (C=O) groups is 1. The number of hydrogen-bond donors (Lipinski definition) is 1. The van der Waals surface area contributed by atoms with Gasteiger partial charge in [0.25, 0.3) is 5.91 Å². The molecule has 1 aromatic heterocycles. The Kier molecular flexibility index (Phi) is 3.83. The molecule has 2 saturated heterocycles. The number of nitrogens with zero attached hydrogens (tertiary/aromatic N) is 3. The maximum absolute atomic E-state index is 12.6. The van der Waals surface area contributed by atoms with E-state index in [1.54, 1.807) is 0 Å². The zero-order chi connectivity index (χ0) is 14.1. The van der Waals surface area contributed by atoms with Crippen LogP contribution in [0, 0.1) is 5.92 Å². The number of thiazole rings is 1. The third-order valence-corrected chi connectivity index (χ3v) is 5.40. The van der Waals surface area contributed by atoms with E-state index >= 15 is 0 Å². The first-order chi connectivity index (χ1) is 9.65. The van der Waals surface area contributed by atoms with E-state index in [0.29, 0.717) is 10.7 Å². The monoisotopic (exact) mass is 294 g/mol. The van der Waals surface area contributed by atoms with Gasteiger partial charge in [-0.15, -0.1) is 0 Å². The van der Waals surface area contributed by atoms with Crippen LogP contribution in [0.2, 0.25) is 0 Å².